The van der Waals surface area contributed by atoms with E-state index in [4.69, 9.17) is 4.42 Å². The van der Waals surface area contributed by atoms with Crippen LogP contribution in [0.1, 0.15) is 33.3 Å². The number of anilines is 1. The van der Waals surface area contributed by atoms with Crippen LogP contribution in [0.2, 0.25) is 0 Å². The number of aromatic hydroxyl groups is 1. The van der Waals surface area contributed by atoms with Gasteiger partial charge in [-0.2, -0.15) is 0 Å². The van der Waals surface area contributed by atoms with Crippen LogP contribution in [0.5, 0.6) is 5.75 Å². The van der Waals surface area contributed by atoms with Crippen molar-refractivity contribution in [2.45, 2.75) is 23.1 Å². The highest BCUT2D eigenvalue weighted by molar-refractivity contribution is 8.00. The summed E-state index contributed by atoms with van der Waals surface area (Å²) in [5.41, 5.74) is 3.19. The number of para-hydroxylation sites is 1. The Labute approximate surface area is 231 Å². The molecule has 8 nitrogen and oxygen atoms in total. The summed E-state index contributed by atoms with van der Waals surface area (Å²) in [6.45, 7) is 2.03. The fraction of sp³-hybridized carbons (Fsp3) is 0.103. The molecular formula is C29H21N3O5S2. The van der Waals surface area contributed by atoms with Crippen LogP contribution in [0.25, 0.3) is 11.0 Å². The number of fused-ring (bicyclic) bond motifs is 1. The minimum atomic E-state index is -0.998. The van der Waals surface area contributed by atoms with E-state index in [0.717, 1.165) is 10.9 Å². The van der Waals surface area contributed by atoms with Gasteiger partial charge in [0.2, 0.25) is 10.9 Å². The molecule has 1 atom stereocenters. The van der Waals surface area contributed by atoms with Gasteiger partial charge in [0.15, 0.2) is 15.9 Å². The van der Waals surface area contributed by atoms with Crippen LogP contribution in [0, 0.1) is 6.92 Å². The third-order valence-corrected chi connectivity index (χ3v) is 8.52. The van der Waals surface area contributed by atoms with Crippen molar-refractivity contribution < 1.29 is 24.2 Å². The van der Waals surface area contributed by atoms with Gasteiger partial charge in [0, 0.05) is 11.1 Å². The van der Waals surface area contributed by atoms with E-state index in [1.807, 2.05) is 43.3 Å². The molecule has 0 radical (unpaired) electrons. The van der Waals surface area contributed by atoms with E-state index >= 15 is 0 Å². The van der Waals surface area contributed by atoms with E-state index in [2.05, 4.69) is 10.2 Å². The normalized spacial score (nSPS) is 15.5. The molecule has 194 valence electrons. The number of ketones is 1. The summed E-state index contributed by atoms with van der Waals surface area (Å²) in [6.07, 6.45) is 0. The first-order valence-electron chi connectivity index (χ1n) is 12.0. The number of carbonyl (C=O) groups excluding carboxylic acids is 2. The number of furan rings is 1. The predicted molar refractivity (Wildman–Crippen MR) is 149 cm³/mol. The van der Waals surface area contributed by atoms with E-state index in [-0.39, 0.29) is 22.2 Å². The zero-order chi connectivity index (χ0) is 27.1. The summed E-state index contributed by atoms with van der Waals surface area (Å²) in [5, 5.41) is 30.3. The number of hydrogen-bond acceptors (Lipinski definition) is 9. The van der Waals surface area contributed by atoms with Gasteiger partial charge in [-0.25, -0.2) is 0 Å². The molecule has 1 aliphatic heterocycles. The molecular weight excluding hydrogens is 534 g/mol. The Kier molecular flexibility index (Phi) is 6.41. The Morgan fingerprint density at radius 1 is 1.03 bits per heavy atom. The zero-order valence-corrected chi connectivity index (χ0v) is 22.2. The highest BCUT2D eigenvalue weighted by atomic mass is 32.2. The summed E-state index contributed by atoms with van der Waals surface area (Å²) >= 11 is 2.68. The summed E-state index contributed by atoms with van der Waals surface area (Å²) in [4.78, 5) is 28.4. The second kappa shape index (κ2) is 10.0. The molecule has 10 heteroatoms. The van der Waals surface area contributed by atoms with Gasteiger partial charge < -0.3 is 14.6 Å². The van der Waals surface area contributed by atoms with Crippen molar-refractivity contribution in [2.24, 2.45) is 0 Å². The number of aryl methyl sites for hydroxylation is 1. The summed E-state index contributed by atoms with van der Waals surface area (Å²) in [6, 6.07) is 22.0. The van der Waals surface area contributed by atoms with Crippen LogP contribution >= 0.6 is 23.1 Å². The number of aliphatic hydroxyl groups excluding tert-OH is 1. The maximum atomic E-state index is 13.7. The van der Waals surface area contributed by atoms with E-state index in [1.165, 1.54) is 45.7 Å². The van der Waals surface area contributed by atoms with Crippen LogP contribution in [-0.4, -0.2) is 32.1 Å². The Hall–Kier alpha value is -4.41. The lowest BCUT2D eigenvalue weighted by Crippen LogP contribution is -2.31. The molecule has 6 rings (SSSR count). The maximum Gasteiger partial charge on any atom is 0.296 e. The minimum absolute atomic E-state index is 0.00258. The monoisotopic (exact) mass is 555 g/mol. The Morgan fingerprint density at radius 2 is 1.77 bits per heavy atom. The average molecular weight is 556 g/mol. The molecule has 3 aromatic carbocycles. The third-order valence-electron chi connectivity index (χ3n) is 6.40. The van der Waals surface area contributed by atoms with Gasteiger partial charge in [-0.15, -0.1) is 10.2 Å². The van der Waals surface area contributed by atoms with Gasteiger partial charge in [0.25, 0.3) is 5.91 Å². The second-order valence-electron chi connectivity index (χ2n) is 9.03. The van der Waals surface area contributed by atoms with Crippen molar-refractivity contribution in [1.82, 2.24) is 10.2 Å². The number of Topliss-reactive ketones (excluding diaryl/α,β-unsaturated/α-hetero) is 1. The Balaban J connectivity index is 1.35. The molecule has 1 aliphatic rings. The lowest BCUT2D eigenvalue weighted by atomic mass is 9.95. The number of benzene rings is 3. The smallest absolute Gasteiger partial charge is 0.296 e. The fourth-order valence-electron chi connectivity index (χ4n) is 4.42. The van der Waals surface area contributed by atoms with E-state index in [1.54, 1.807) is 30.3 Å². The number of aliphatic hydroxyl groups is 1. The van der Waals surface area contributed by atoms with Crippen LogP contribution < -0.4 is 4.90 Å². The van der Waals surface area contributed by atoms with Gasteiger partial charge in [-0.3, -0.25) is 14.5 Å². The van der Waals surface area contributed by atoms with E-state index in [0.29, 0.717) is 21.2 Å². The number of hydrogen-bond donors (Lipinski definition) is 2. The number of amides is 1. The highest BCUT2D eigenvalue weighted by Crippen LogP contribution is 2.44. The first kappa shape index (κ1) is 24.9. The number of aromatic nitrogens is 2. The van der Waals surface area contributed by atoms with Crippen LogP contribution in [0.15, 0.2) is 99.0 Å². The van der Waals surface area contributed by atoms with Gasteiger partial charge in [0.1, 0.15) is 11.3 Å². The SMILES string of the molecule is Cc1ccc(CSc2nnc(N3C(=O)C(O)=C(C(=O)c4cc5ccccc5o4)C3c3ccc(O)cc3)s2)cc1. The van der Waals surface area contributed by atoms with Gasteiger partial charge in [0.05, 0.1) is 11.6 Å². The molecule has 0 bridgehead atoms. The molecule has 0 fully saturated rings. The van der Waals surface area contributed by atoms with Gasteiger partial charge in [-0.05, 0) is 42.3 Å². The number of carbonyl (C=O) groups is 2. The summed E-state index contributed by atoms with van der Waals surface area (Å²) in [7, 11) is 0. The molecule has 0 spiro atoms. The Morgan fingerprint density at radius 3 is 2.51 bits per heavy atom. The quantitative estimate of drug-likeness (QED) is 0.135. The lowest BCUT2D eigenvalue weighted by Gasteiger charge is -2.23. The van der Waals surface area contributed by atoms with Crippen molar-refractivity contribution in [3.05, 3.63) is 113 Å². The number of nitrogens with zero attached hydrogens (tertiary/aromatic N) is 3. The van der Waals surface area contributed by atoms with E-state index in [9.17, 15) is 19.8 Å². The summed E-state index contributed by atoms with van der Waals surface area (Å²) in [5.74, 6) is -1.36. The minimum Gasteiger partial charge on any atom is -0.508 e. The highest BCUT2D eigenvalue weighted by Gasteiger charge is 2.46. The molecule has 0 saturated carbocycles. The first-order chi connectivity index (χ1) is 18.9. The van der Waals surface area contributed by atoms with Crippen LogP contribution in [-0.2, 0) is 10.5 Å². The van der Waals surface area contributed by atoms with E-state index < -0.39 is 23.5 Å². The molecule has 1 unspecified atom stereocenters. The summed E-state index contributed by atoms with van der Waals surface area (Å²) < 4.78 is 6.40. The molecule has 2 N–H and O–H groups in total. The number of phenols is 1. The Bertz CT molecular complexity index is 1710. The molecule has 0 aliphatic carbocycles. The molecule has 1 amide bonds. The molecule has 3 heterocycles. The maximum absolute atomic E-state index is 13.7. The van der Waals surface area contributed by atoms with Crippen molar-refractivity contribution in [3.8, 4) is 5.75 Å². The fourth-order valence-corrected chi connectivity index (χ4v) is 6.24. The average Bonchev–Trinajstić information content (AvgIpc) is 3.65. The van der Waals surface area contributed by atoms with Crippen molar-refractivity contribution >= 4 is 50.9 Å². The molecule has 5 aromatic rings. The predicted octanol–water partition coefficient (Wildman–Crippen LogP) is 6.37. The second-order valence-corrected chi connectivity index (χ2v) is 11.2. The standard InChI is InChI=1S/C29H21N3O5S2/c1-16-6-8-17(9-7-16)15-38-29-31-30-28(39-29)32-24(18-10-12-20(33)13-11-18)23(26(35)27(32)36)25(34)22-14-19-4-2-3-5-21(19)37-22/h2-14,24,33,35H,15H2,1H3. The zero-order valence-electron chi connectivity index (χ0n) is 20.6. The lowest BCUT2D eigenvalue weighted by molar-refractivity contribution is -0.117. The number of phenolic OH excluding ortho intramolecular Hbond substituents is 1. The number of thioether (sulfide) groups is 1. The molecule has 39 heavy (non-hydrogen) atoms. The third kappa shape index (κ3) is 4.68. The van der Waals surface area contributed by atoms with Crippen molar-refractivity contribution in [1.29, 1.82) is 0 Å². The van der Waals surface area contributed by atoms with Gasteiger partial charge >= 0.3 is 0 Å². The number of rotatable bonds is 7. The molecule has 2 aromatic heterocycles. The van der Waals surface area contributed by atoms with Crippen molar-refractivity contribution in [3.63, 3.8) is 0 Å². The van der Waals surface area contributed by atoms with Crippen molar-refractivity contribution in [2.75, 3.05) is 4.90 Å². The largest absolute Gasteiger partial charge is 0.508 e. The molecule has 0 saturated heterocycles. The van der Waals surface area contributed by atoms with Crippen LogP contribution in [0.3, 0.4) is 0 Å². The first-order valence-corrected chi connectivity index (χ1v) is 13.8. The van der Waals surface area contributed by atoms with Crippen LogP contribution in [0.4, 0.5) is 5.13 Å². The van der Waals surface area contributed by atoms with Gasteiger partial charge in [-0.1, -0.05) is 83.3 Å². The topological polar surface area (TPSA) is 117 Å².